The minimum atomic E-state index is 0.640. The summed E-state index contributed by atoms with van der Waals surface area (Å²) in [4.78, 5) is 17.4. The summed E-state index contributed by atoms with van der Waals surface area (Å²) >= 11 is 0. The van der Waals surface area contributed by atoms with Gasteiger partial charge in [-0.3, -0.25) is 4.90 Å². The number of piperazine rings is 1. The number of benzene rings is 1. The minimum Gasteiger partial charge on any atom is -0.354 e. The highest BCUT2D eigenvalue weighted by atomic mass is 15.3. The molecule has 3 aromatic rings. The van der Waals surface area contributed by atoms with Gasteiger partial charge in [0.05, 0.1) is 23.5 Å². The van der Waals surface area contributed by atoms with E-state index in [4.69, 9.17) is 5.26 Å². The largest absolute Gasteiger partial charge is 0.354 e. The molecular formula is C23H26N6. The van der Waals surface area contributed by atoms with Crippen molar-refractivity contribution in [2.24, 2.45) is 5.92 Å². The number of nitriles is 1. The monoisotopic (exact) mass is 386 g/mol. The smallest absolute Gasteiger partial charge is 0.137 e. The second-order valence-corrected chi connectivity index (χ2v) is 7.92. The van der Waals surface area contributed by atoms with Gasteiger partial charge < -0.3 is 9.88 Å². The summed E-state index contributed by atoms with van der Waals surface area (Å²) in [5.74, 6) is 2.51. The van der Waals surface area contributed by atoms with Crippen LogP contribution in [0.1, 0.15) is 19.4 Å². The number of imidazole rings is 1. The van der Waals surface area contributed by atoms with Gasteiger partial charge in [-0.05, 0) is 30.2 Å². The zero-order valence-electron chi connectivity index (χ0n) is 17.0. The Balaban J connectivity index is 1.50. The molecule has 1 fully saturated rings. The van der Waals surface area contributed by atoms with Crippen molar-refractivity contribution >= 4 is 5.82 Å². The molecule has 1 aromatic carbocycles. The van der Waals surface area contributed by atoms with Crippen molar-refractivity contribution in [3.63, 3.8) is 0 Å². The standard InChI is InChI=1S/C23H26N6/c1-17(2)16-28-8-10-29(11-9-28)22-13-20(6-7-25-22)23-26-15-21(27-23)19-5-3-4-18(12-19)14-24/h3-7,12-13,15,17H,8-11,16H2,1-2H3,(H,26,27). The Bertz CT molecular complexity index is 1010. The van der Waals surface area contributed by atoms with E-state index in [2.05, 4.69) is 50.7 Å². The maximum absolute atomic E-state index is 9.12. The number of aromatic nitrogens is 3. The van der Waals surface area contributed by atoms with Crippen LogP contribution in [0.4, 0.5) is 5.82 Å². The summed E-state index contributed by atoms with van der Waals surface area (Å²) in [5, 5.41) is 9.12. The first-order chi connectivity index (χ1) is 14.1. The fourth-order valence-corrected chi connectivity index (χ4v) is 3.79. The summed E-state index contributed by atoms with van der Waals surface area (Å²) in [5.41, 5.74) is 3.51. The highest BCUT2D eigenvalue weighted by Gasteiger charge is 2.19. The van der Waals surface area contributed by atoms with Gasteiger partial charge in [-0.25, -0.2) is 9.97 Å². The van der Waals surface area contributed by atoms with E-state index in [1.165, 1.54) is 0 Å². The Morgan fingerprint density at radius 1 is 1.07 bits per heavy atom. The van der Waals surface area contributed by atoms with Crippen molar-refractivity contribution in [3.8, 4) is 28.7 Å². The molecule has 0 radical (unpaired) electrons. The molecule has 6 heteroatoms. The lowest BCUT2D eigenvalue weighted by Crippen LogP contribution is -2.47. The van der Waals surface area contributed by atoms with Gasteiger partial charge in [-0.2, -0.15) is 5.26 Å². The highest BCUT2D eigenvalue weighted by Crippen LogP contribution is 2.25. The minimum absolute atomic E-state index is 0.640. The molecule has 148 valence electrons. The molecule has 6 nitrogen and oxygen atoms in total. The number of hydrogen-bond donors (Lipinski definition) is 1. The highest BCUT2D eigenvalue weighted by molar-refractivity contribution is 5.67. The van der Waals surface area contributed by atoms with Crippen molar-refractivity contribution in [3.05, 3.63) is 54.4 Å². The normalized spacial score (nSPS) is 14.9. The summed E-state index contributed by atoms with van der Waals surface area (Å²) in [6.45, 7) is 9.83. The van der Waals surface area contributed by atoms with Gasteiger partial charge in [-0.1, -0.05) is 26.0 Å². The summed E-state index contributed by atoms with van der Waals surface area (Å²) in [6.07, 6.45) is 3.67. The molecule has 0 saturated carbocycles. The number of aromatic amines is 1. The number of H-pyrrole nitrogens is 1. The number of nitrogens with one attached hydrogen (secondary N) is 1. The Hall–Kier alpha value is -3.17. The zero-order chi connectivity index (χ0) is 20.2. The number of rotatable bonds is 5. The van der Waals surface area contributed by atoms with Crippen molar-refractivity contribution in [1.82, 2.24) is 19.9 Å². The lowest BCUT2D eigenvalue weighted by atomic mass is 10.1. The fourth-order valence-electron chi connectivity index (χ4n) is 3.79. The van der Waals surface area contributed by atoms with Crippen LogP contribution in [0.25, 0.3) is 22.6 Å². The number of nitrogens with zero attached hydrogens (tertiary/aromatic N) is 5. The van der Waals surface area contributed by atoms with Crippen LogP contribution in [0.2, 0.25) is 0 Å². The molecule has 4 rings (SSSR count). The maximum atomic E-state index is 9.12. The van der Waals surface area contributed by atoms with Crippen LogP contribution in [0.15, 0.2) is 48.8 Å². The van der Waals surface area contributed by atoms with E-state index in [1.807, 2.05) is 36.7 Å². The van der Waals surface area contributed by atoms with E-state index in [1.54, 1.807) is 6.07 Å². The third-order valence-corrected chi connectivity index (χ3v) is 5.22. The van der Waals surface area contributed by atoms with Crippen molar-refractivity contribution in [2.45, 2.75) is 13.8 Å². The first-order valence-electron chi connectivity index (χ1n) is 10.1. The van der Waals surface area contributed by atoms with Crippen molar-refractivity contribution in [1.29, 1.82) is 5.26 Å². The molecule has 0 unspecified atom stereocenters. The van der Waals surface area contributed by atoms with E-state index in [9.17, 15) is 0 Å². The second-order valence-electron chi connectivity index (χ2n) is 7.92. The molecule has 29 heavy (non-hydrogen) atoms. The second kappa shape index (κ2) is 8.46. The molecule has 1 aliphatic rings. The van der Waals surface area contributed by atoms with Gasteiger partial charge in [0.15, 0.2) is 0 Å². The van der Waals surface area contributed by atoms with Crippen LogP contribution in [-0.2, 0) is 0 Å². The average molecular weight is 387 g/mol. The number of hydrogen-bond acceptors (Lipinski definition) is 5. The van der Waals surface area contributed by atoms with Crippen LogP contribution in [-0.4, -0.2) is 52.6 Å². The number of pyridine rings is 1. The van der Waals surface area contributed by atoms with Gasteiger partial charge in [0.1, 0.15) is 11.6 Å². The molecule has 0 spiro atoms. The van der Waals surface area contributed by atoms with Crippen LogP contribution >= 0.6 is 0 Å². The topological polar surface area (TPSA) is 71.8 Å². The zero-order valence-corrected chi connectivity index (χ0v) is 17.0. The number of anilines is 1. The van der Waals surface area contributed by atoms with E-state index in [-0.39, 0.29) is 0 Å². The van der Waals surface area contributed by atoms with Crippen molar-refractivity contribution in [2.75, 3.05) is 37.6 Å². The van der Waals surface area contributed by atoms with E-state index < -0.39 is 0 Å². The molecule has 0 amide bonds. The molecule has 0 aliphatic carbocycles. The third-order valence-electron chi connectivity index (χ3n) is 5.22. The molecule has 1 saturated heterocycles. The third kappa shape index (κ3) is 4.47. The first kappa shape index (κ1) is 19.2. The molecule has 2 aromatic heterocycles. The molecule has 1 N–H and O–H groups in total. The molecule has 1 aliphatic heterocycles. The predicted octanol–water partition coefficient (Wildman–Crippen LogP) is 3.79. The molecule has 0 bridgehead atoms. The van der Waals surface area contributed by atoms with Gasteiger partial charge in [0, 0.05) is 50.0 Å². The Morgan fingerprint density at radius 2 is 1.90 bits per heavy atom. The Labute approximate surface area is 171 Å². The molecule has 3 heterocycles. The molecular weight excluding hydrogens is 360 g/mol. The fraction of sp³-hybridized carbons (Fsp3) is 0.348. The summed E-state index contributed by atoms with van der Waals surface area (Å²) in [6, 6.07) is 13.8. The Kier molecular flexibility index (Phi) is 5.59. The lowest BCUT2D eigenvalue weighted by Gasteiger charge is -2.36. The van der Waals surface area contributed by atoms with E-state index in [0.717, 1.165) is 61.2 Å². The molecule has 0 atom stereocenters. The van der Waals surface area contributed by atoms with Gasteiger partial charge in [-0.15, -0.1) is 0 Å². The van der Waals surface area contributed by atoms with Crippen LogP contribution in [0.3, 0.4) is 0 Å². The SMILES string of the molecule is CC(C)CN1CCN(c2cc(-c3ncc(-c4cccc(C#N)c4)[nH]3)ccn2)CC1. The van der Waals surface area contributed by atoms with Crippen LogP contribution < -0.4 is 4.90 Å². The van der Waals surface area contributed by atoms with Crippen LogP contribution in [0, 0.1) is 17.2 Å². The van der Waals surface area contributed by atoms with Gasteiger partial charge >= 0.3 is 0 Å². The van der Waals surface area contributed by atoms with Crippen molar-refractivity contribution < 1.29 is 0 Å². The summed E-state index contributed by atoms with van der Waals surface area (Å²) < 4.78 is 0. The van der Waals surface area contributed by atoms with Gasteiger partial charge in [0.2, 0.25) is 0 Å². The summed E-state index contributed by atoms with van der Waals surface area (Å²) in [7, 11) is 0. The van der Waals surface area contributed by atoms with E-state index >= 15 is 0 Å². The lowest BCUT2D eigenvalue weighted by molar-refractivity contribution is 0.231. The average Bonchev–Trinajstić information content (AvgIpc) is 3.24. The van der Waals surface area contributed by atoms with E-state index in [0.29, 0.717) is 11.5 Å². The van der Waals surface area contributed by atoms with Gasteiger partial charge in [0.25, 0.3) is 0 Å². The quantitative estimate of drug-likeness (QED) is 0.722. The Morgan fingerprint density at radius 3 is 2.66 bits per heavy atom. The first-order valence-corrected chi connectivity index (χ1v) is 10.1. The maximum Gasteiger partial charge on any atom is 0.137 e. The van der Waals surface area contributed by atoms with Crippen LogP contribution in [0.5, 0.6) is 0 Å². The predicted molar refractivity (Wildman–Crippen MR) is 115 cm³/mol.